The van der Waals surface area contributed by atoms with Gasteiger partial charge < -0.3 is 20.1 Å². The van der Waals surface area contributed by atoms with Crippen LogP contribution in [0, 0.1) is 0 Å². The third-order valence-corrected chi connectivity index (χ3v) is 1.18. The molecule has 0 amide bonds. The minimum Gasteiger partial charge on any atom is -0.550 e. The number of carboxylic acid groups (broad SMARTS) is 1. The Morgan fingerprint density at radius 3 is 2.36 bits per heavy atom. The van der Waals surface area contributed by atoms with Gasteiger partial charge in [-0.3, -0.25) is 0 Å². The van der Waals surface area contributed by atoms with Crippen molar-refractivity contribution in [3.63, 3.8) is 0 Å². The van der Waals surface area contributed by atoms with Gasteiger partial charge in [0, 0.05) is 19.0 Å². The van der Waals surface area contributed by atoms with Crippen molar-refractivity contribution in [2.24, 2.45) is 0 Å². The smallest absolute Gasteiger partial charge is 0.550 e. The van der Waals surface area contributed by atoms with E-state index in [0.29, 0.717) is 0 Å². The Morgan fingerprint density at radius 2 is 2.09 bits per heavy atom. The van der Waals surface area contributed by atoms with Crippen LogP contribution < -0.4 is 56.5 Å². The molecule has 60 valence electrons. The van der Waals surface area contributed by atoms with E-state index in [0.717, 1.165) is 0 Å². The quantitative estimate of drug-likeness (QED) is 0.432. The molecular weight excluding hydrogens is 175 g/mol. The van der Waals surface area contributed by atoms with Gasteiger partial charge in [0.1, 0.15) is 0 Å². The van der Waals surface area contributed by atoms with Gasteiger partial charge >= 0.3 is 51.4 Å². The number of carboxylic acids is 1. The molecule has 0 aromatic carbocycles. The predicted molar refractivity (Wildman–Crippen MR) is 32.0 cm³/mol. The number of hydrogen-bond acceptors (Lipinski definition) is 4. The maximum absolute atomic E-state index is 9.94. The fourth-order valence-corrected chi connectivity index (χ4v) is 0.640. The maximum atomic E-state index is 9.94. The van der Waals surface area contributed by atoms with Crippen LogP contribution in [0.2, 0.25) is 0 Å². The summed E-state index contributed by atoms with van der Waals surface area (Å²) in [6.45, 7) is 1.12. The standard InChI is InChI=1S/C6H12O4.K/c1-6(10,2-3-7)4-5(8)9;/h7,10H,2-4H2,1H3,(H,8,9);/q;+1/p-1/t6-;/m0./s1. The van der Waals surface area contributed by atoms with Crippen molar-refractivity contribution in [2.75, 3.05) is 6.61 Å². The monoisotopic (exact) mass is 186 g/mol. The minimum absolute atomic E-state index is 0. The van der Waals surface area contributed by atoms with Gasteiger partial charge in [-0.05, 0) is 13.3 Å². The summed E-state index contributed by atoms with van der Waals surface area (Å²) in [5.41, 5.74) is -1.34. The van der Waals surface area contributed by atoms with Gasteiger partial charge in [-0.2, -0.15) is 0 Å². The molecule has 2 N–H and O–H groups in total. The summed E-state index contributed by atoms with van der Waals surface area (Å²) in [4.78, 5) is 9.94. The van der Waals surface area contributed by atoms with Crippen LogP contribution in [-0.4, -0.2) is 28.4 Å². The van der Waals surface area contributed by atoms with E-state index in [2.05, 4.69) is 0 Å². The average Bonchev–Trinajstić information content (AvgIpc) is 1.59. The molecule has 11 heavy (non-hydrogen) atoms. The number of hydrogen-bond donors (Lipinski definition) is 2. The number of carbonyl (C=O) groups is 1. The van der Waals surface area contributed by atoms with Crippen molar-refractivity contribution < 1.29 is 71.5 Å². The zero-order valence-electron chi connectivity index (χ0n) is 6.83. The van der Waals surface area contributed by atoms with E-state index < -0.39 is 18.0 Å². The van der Waals surface area contributed by atoms with Crippen LogP contribution in [0.3, 0.4) is 0 Å². The number of aliphatic carboxylic acids is 1. The molecule has 1 atom stereocenters. The fraction of sp³-hybridized carbons (Fsp3) is 0.833. The Morgan fingerprint density at radius 1 is 1.64 bits per heavy atom. The minimum atomic E-state index is -1.34. The largest absolute Gasteiger partial charge is 1.00 e. The van der Waals surface area contributed by atoms with Crippen LogP contribution in [-0.2, 0) is 4.79 Å². The number of aliphatic hydroxyl groups excluding tert-OH is 1. The maximum Gasteiger partial charge on any atom is 1.00 e. The first-order valence-electron chi connectivity index (χ1n) is 3.01. The van der Waals surface area contributed by atoms with Crippen LogP contribution in [0.25, 0.3) is 0 Å². The molecule has 0 aromatic heterocycles. The molecule has 5 heteroatoms. The molecule has 0 fully saturated rings. The summed E-state index contributed by atoms with van der Waals surface area (Å²) in [5, 5.41) is 27.4. The molecule has 0 aliphatic carbocycles. The molecule has 0 aliphatic rings. The van der Waals surface area contributed by atoms with Crippen molar-refractivity contribution in [1.29, 1.82) is 0 Å². The van der Waals surface area contributed by atoms with Crippen LogP contribution in [0.5, 0.6) is 0 Å². The first kappa shape index (κ1) is 14.5. The predicted octanol–water partition coefficient (Wildman–Crippen LogP) is -4.74. The second kappa shape index (κ2) is 6.53. The van der Waals surface area contributed by atoms with Gasteiger partial charge in [0.15, 0.2) is 0 Å². The zero-order chi connectivity index (χ0) is 8.20. The first-order valence-corrected chi connectivity index (χ1v) is 3.01. The van der Waals surface area contributed by atoms with Crippen molar-refractivity contribution in [2.45, 2.75) is 25.4 Å². The SMILES string of the molecule is C[C@](O)(CCO)CC(=O)[O-].[K+]. The van der Waals surface area contributed by atoms with E-state index in [1.54, 1.807) is 0 Å². The normalized spacial score (nSPS) is 14.8. The zero-order valence-corrected chi connectivity index (χ0v) is 9.96. The van der Waals surface area contributed by atoms with Crippen molar-refractivity contribution in [3.05, 3.63) is 0 Å². The molecule has 0 heterocycles. The van der Waals surface area contributed by atoms with E-state index in [4.69, 9.17) is 10.2 Å². The summed E-state index contributed by atoms with van der Waals surface area (Å²) in [6.07, 6.45) is -0.380. The second-order valence-corrected chi connectivity index (χ2v) is 2.52. The molecule has 4 nitrogen and oxygen atoms in total. The van der Waals surface area contributed by atoms with E-state index in [-0.39, 0.29) is 64.4 Å². The first-order chi connectivity index (χ1) is 4.48. The third kappa shape index (κ3) is 8.94. The Bertz CT molecular complexity index is 124. The van der Waals surface area contributed by atoms with Gasteiger partial charge in [0.2, 0.25) is 0 Å². The van der Waals surface area contributed by atoms with Crippen molar-refractivity contribution in [1.82, 2.24) is 0 Å². The summed E-state index contributed by atoms with van der Waals surface area (Å²) < 4.78 is 0. The molecule has 0 rings (SSSR count). The Balaban J connectivity index is 0. The van der Waals surface area contributed by atoms with E-state index in [1.807, 2.05) is 0 Å². The molecule has 0 unspecified atom stereocenters. The van der Waals surface area contributed by atoms with Gasteiger partial charge in [-0.15, -0.1) is 0 Å². The second-order valence-electron chi connectivity index (χ2n) is 2.52. The van der Waals surface area contributed by atoms with Gasteiger partial charge in [-0.25, -0.2) is 0 Å². The summed E-state index contributed by atoms with van der Waals surface area (Å²) in [5.74, 6) is -1.31. The summed E-state index contributed by atoms with van der Waals surface area (Å²) >= 11 is 0. The van der Waals surface area contributed by atoms with Crippen molar-refractivity contribution in [3.8, 4) is 0 Å². The van der Waals surface area contributed by atoms with Crippen LogP contribution in [0.4, 0.5) is 0 Å². The number of rotatable bonds is 4. The Kier molecular flexibility index (Phi) is 8.64. The van der Waals surface area contributed by atoms with E-state index in [9.17, 15) is 9.90 Å². The van der Waals surface area contributed by atoms with Crippen LogP contribution >= 0.6 is 0 Å². The topological polar surface area (TPSA) is 80.6 Å². The van der Waals surface area contributed by atoms with Crippen LogP contribution in [0.15, 0.2) is 0 Å². The molecule has 0 saturated carbocycles. The Labute approximate surface area is 108 Å². The molecule has 0 saturated heterocycles. The van der Waals surface area contributed by atoms with Gasteiger partial charge in [-0.1, -0.05) is 0 Å². The number of carbonyl (C=O) groups excluding carboxylic acids is 1. The Hall–Kier alpha value is 1.03. The van der Waals surface area contributed by atoms with E-state index >= 15 is 0 Å². The molecule has 0 aromatic rings. The molecule has 0 aliphatic heterocycles. The van der Waals surface area contributed by atoms with Crippen LogP contribution in [0.1, 0.15) is 19.8 Å². The van der Waals surface area contributed by atoms with E-state index in [1.165, 1.54) is 6.92 Å². The molecule has 0 spiro atoms. The fourth-order valence-electron chi connectivity index (χ4n) is 0.640. The molecule has 0 radical (unpaired) electrons. The summed E-state index contributed by atoms with van der Waals surface area (Å²) in [6, 6.07) is 0. The van der Waals surface area contributed by atoms with Gasteiger partial charge in [0.05, 0.1) is 5.60 Å². The third-order valence-electron chi connectivity index (χ3n) is 1.18. The number of aliphatic hydroxyl groups is 2. The summed E-state index contributed by atoms with van der Waals surface area (Å²) in [7, 11) is 0. The van der Waals surface area contributed by atoms with Gasteiger partial charge in [0.25, 0.3) is 0 Å². The molecule has 0 bridgehead atoms. The molecular formula is C6H11KO4. The van der Waals surface area contributed by atoms with Crippen molar-refractivity contribution >= 4 is 5.97 Å². The average molecular weight is 186 g/mol.